The number of likely N-dealkylation sites (N-methyl/N-ethyl adjacent to an activating group) is 1. The molecular formula is C27H30N2O. The molecular weight excluding hydrogens is 368 g/mol. The van der Waals surface area contributed by atoms with E-state index in [0.717, 1.165) is 18.8 Å². The molecule has 1 N–H and O–H groups in total. The van der Waals surface area contributed by atoms with Crippen molar-refractivity contribution in [3.8, 4) is 5.75 Å². The van der Waals surface area contributed by atoms with Gasteiger partial charge in [0.05, 0.1) is 5.69 Å². The number of phenols is 1. The number of hydrogen-bond acceptors (Lipinski definition) is 3. The molecule has 0 aromatic heterocycles. The number of para-hydroxylation sites is 2. The predicted octanol–water partition coefficient (Wildman–Crippen LogP) is 5.12. The van der Waals surface area contributed by atoms with Gasteiger partial charge in [0.25, 0.3) is 0 Å². The Balaban J connectivity index is 1.62. The molecule has 3 fully saturated rings. The van der Waals surface area contributed by atoms with E-state index in [9.17, 15) is 5.11 Å². The molecule has 0 unspecified atom stereocenters. The molecule has 0 saturated carbocycles. The van der Waals surface area contributed by atoms with Crippen LogP contribution in [0, 0.1) is 5.92 Å². The molecule has 0 aliphatic carbocycles. The van der Waals surface area contributed by atoms with Gasteiger partial charge in [0.15, 0.2) is 0 Å². The van der Waals surface area contributed by atoms with Gasteiger partial charge in [-0.15, -0.1) is 0 Å². The highest BCUT2D eigenvalue weighted by Gasteiger charge is 2.48. The van der Waals surface area contributed by atoms with Crippen LogP contribution in [0.2, 0.25) is 0 Å². The average Bonchev–Trinajstić information content (AvgIpc) is 2.81. The zero-order valence-corrected chi connectivity index (χ0v) is 17.6. The molecule has 3 aliphatic heterocycles. The lowest BCUT2D eigenvalue weighted by molar-refractivity contribution is 0.0185. The highest BCUT2D eigenvalue weighted by atomic mass is 16.3. The van der Waals surface area contributed by atoms with E-state index in [2.05, 4.69) is 77.5 Å². The molecule has 3 saturated heterocycles. The lowest BCUT2D eigenvalue weighted by Gasteiger charge is -2.56. The first-order valence-electron chi connectivity index (χ1n) is 11.1. The highest BCUT2D eigenvalue weighted by Crippen LogP contribution is 2.45. The van der Waals surface area contributed by atoms with Crippen LogP contribution in [0.25, 0.3) is 0 Å². The molecule has 0 spiro atoms. The van der Waals surface area contributed by atoms with Crippen LogP contribution in [0.1, 0.15) is 29.9 Å². The van der Waals surface area contributed by atoms with Crippen molar-refractivity contribution < 1.29 is 5.11 Å². The van der Waals surface area contributed by atoms with Crippen molar-refractivity contribution in [3.05, 3.63) is 96.1 Å². The van der Waals surface area contributed by atoms with E-state index in [0.29, 0.717) is 29.7 Å². The highest BCUT2D eigenvalue weighted by molar-refractivity contribution is 5.58. The average molecular weight is 399 g/mol. The summed E-state index contributed by atoms with van der Waals surface area (Å²) in [6.07, 6.45) is 2.46. The molecule has 3 heterocycles. The standard InChI is InChI=1S/C27H30N2O/c1-28(23-14-8-9-15-24(23)30)26-22-16-18-29(19-17-22)27(26)25(20-10-4-2-5-11-20)21-12-6-3-7-13-21/h2-15,22,25-27,30H,16-19H2,1H3/t26-,27-/m1/s1. The number of nitrogens with zero attached hydrogens (tertiary/aromatic N) is 2. The Labute approximate surface area is 179 Å². The van der Waals surface area contributed by atoms with Crippen molar-refractivity contribution in [1.82, 2.24) is 4.90 Å². The number of benzene rings is 3. The summed E-state index contributed by atoms with van der Waals surface area (Å²) in [5, 5.41) is 10.6. The Morgan fingerprint density at radius 3 is 1.90 bits per heavy atom. The van der Waals surface area contributed by atoms with E-state index in [-0.39, 0.29) is 0 Å². The molecule has 3 aromatic carbocycles. The minimum absolute atomic E-state index is 0.300. The monoisotopic (exact) mass is 398 g/mol. The van der Waals surface area contributed by atoms with Gasteiger partial charge >= 0.3 is 0 Å². The van der Waals surface area contributed by atoms with Crippen LogP contribution in [-0.4, -0.2) is 42.2 Å². The normalized spacial score (nSPS) is 25.4. The number of fused-ring (bicyclic) bond motifs is 3. The van der Waals surface area contributed by atoms with Gasteiger partial charge in [0, 0.05) is 25.0 Å². The van der Waals surface area contributed by atoms with Gasteiger partial charge in [-0.25, -0.2) is 0 Å². The Morgan fingerprint density at radius 2 is 1.33 bits per heavy atom. The van der Waals surface area contributed by atoms with Crippen molar-refractivity contribution in [2.24, 2.45) is 5.92 Å². The molecule has 2 bridgehead atoms. The zero-order chi connectivity index (χ0) is 20.5. The first-order valence-corrected chi connectivity index (χ1v) is 11.1. The van der Waals surface area contributed by atoms with Crippen molar-refractivity contribution in [1.29, 1.82) is 0 Å². The van der Waals surface area contributed by atoms with Gasteiger partial charge in [-0.05, 0) is 55.1 Å². The van der Waals surface area contributed by atoms with Crippen LogP contribution in [0.15, 0.2) is 84.9 Å². The molecule has 6 rings (SSSR count). The molecule has 0 amide bonds. The second kappa shape index (κ2) is 8.16. The van der Waals surface area contributed by atoms with Gasteiger partial charge in [0.2, 0.25) is 0 Å². The summed E-state index contributed by atoms with van der Waals surface area (Å²) in [5.74, 6) is 1.31. The Bertz CT molecular complexity index is 927. The van der Waals surface area contributed by atoms with E-state index < -0.39 is 0 Å². The van der Waals surface area contributed by atoms with Crippen molar-refractivity contribution in [3.63, 3.8) is 0 Å². The molecule has 0 radical (unpaired) electrons. The van der Waals surface area contributed by atoms with Crippen molar-refractivity contribution in [2.75, 3.05) is 25.0 Å². The Morgan fingerprint density at radius 1 is 0.800 bits per heavy atom. The summed E-state index contributed by atoms with van der Waals surface area (Å²) in [4.78, 5) is 5.06. The van der Waals surface area contributed by atoms with Crippen molar-refractivity contribution in [2.45, 2.75) is 30.8 Å². The fourth-order valence-electron chi connectivity index (χ4n) is 5.84. The Hall–Kier alpha value is -2.78. The van der Waals surface area contributed by atoms with Crippen LogP contribution in [0.5, 0.6) is 5.75 Å². The van der Waals surface area contributed by atoms with Gasteiger partial charge in [-0.3, -0.25) is 4.90 Å². The first-order chi connectivity index (χ1) is 14.7. The molecule has 154 valence electrons. The second-order valence-electron chi connectivity index (χ2n) is 8.75. The van der Waals surface area contributed by atoms with E-state index >= 15 is 0 Å². The molecule has 3 aromatic rings. The minimum Gasteiger partial charge on any atom is -0.506 e. The number of piperidine rings is 3. The van der Waals surface area contributed by atoms with Gasteiger partial charge in [-0.2, -0.15) is 0 Å². The maximum absolute atomic E-state index is 10.6. The smallest absolute Gasteiger partial charge is 0.138 e. The van der Waals surface area contributed by atoms with E-state index in [1.54, 1.807) is 6.07 Å². The molecule has 3 aliphatic rings. The third kappa shape index (κ3) is 3.37. The van der Waals surface area contributed by atoms with Crippen LogP contribution in [0.3, 0.4) is 0 Å². The van der Waals surface area contributed by atoms with E-state index in [4.69, 9.17) is 0 Å². The maximum atomic E-state index is 10.6. The number of aromatic hydroxyl groups is 1. The molecule has 2 atom stereocenters. The van der Waals surface area contributed by atoms with Crippen LogP contribution in [0.4, 0.5) is 5.69 Å². The summed E-state index contributed by atoms with van der Waals surface area (Å²) in [7, 11) is 2.17. The number of phenolic OH excluding ortho intramolecular Hbond substituents is 1. The number of rotatable bonds is 5. The van der Waals surface area contributed by atoms with Crippen LogP contribution < -0.4 is 4.90 Å². The fraction of sp³-hybridized carbons (Fsp3) is 0.333. The molecule has 30 heavy (non-hydrogen) atoms. The van der Waals surface area contributed by atoms with Gasteiger partial charge in [-0.1, -0.05) is 72.8 Å². The van der Waals surface area contributed by atoms with Crippen LogP contribution >= 0.6 is 0 Å². The lowest BCUT2D eigenvalue weighted by Crippen LogP contribution is -2.65. The first kappa shape index (κ1) is 19.2. The zero-order valence-electron chi connectivity index (χ0n) is 17.6. The predicted molar refractivity (Wildman–Crippen MR) is 123 cm³/mol. The summed E-state index contributed by atoms with van der Waals surface area (Å²) in [6, 6.07) is 30.4. The number of hydrogen-bond donors (Lipinski definition) is 1. The summed E-state index contributed by atoms with van der Waals surface area (Å²) < 4.78 is 0. The second-order valence-corrected chi connectivity index (χ2v) is 8.75. The Kier molecular flexibility index (Phi) is 5.22. The third-order valence-corrected chi connectivity index (χ3v) is 7.20. The molecule has 3 heteroatoms. The third-order valence-electron chi connectivity index (χ3n) is 7.20. The quantitative estimate of drug-likeness (QED) is 0.646. The summed E-state index contributed by atoms with van der Waals surface area (Å²) in [6.45, 7) is 2.33. The van der Waals surface area contributed by atoms with Gasteiger partial charge < -0.3 is 10.0 Å². The van der Waals surface area contributed by atoms with Crippen LogP contribution in [-0.2, 0) is 0 Å². The van der Waals surface area contributed by atoms with E-state index in [1.165, 1.54) is 24.0 Å². The van der Waals surface area contributed by atoms with Gasteiger partial charge in [0.1, 0.15) is 5.75 Å². The number of anilines is 1. The topological polar surface area (TPSA) is 26.7 Å². The maximum Gasteiger partial charge on any atom is 0.138 e. The SMILES string of the molecule is CN(c1ccccc1O)[C@@H]1C2CCN(CC2)[C@@H]1C(c1ccccc1)c1ccccc1. The summed E-state index contributed by atoms with van der Waals surface area (Å²) >= 11 is 0. The lowest BCUT2D eigenvalue weighted by atomic mass is 9.70. The van der Waals surface area contributed by atoms with E-state index in [1.807, 2.05) is 18.2 Å². The largest absolute Gasteiger partial charge is 0.506 e. The fourth-order valence-corrected chi connectivity index (χ4v) is 5.84. The molecule has 3 nitrogen and oxygen atoms in total. The minimum atomic E-state index is 0.300. The van der Waals surface area contributed by atoms with Crippen molar-refractivity contribution >= 4 is 5.69 Å². The summed E-state index contributed by atoms with van der Waals surface area (Å²) in [5.41, 5.74) is 3.68.